The van der Waals surface area contributed by atoms with E-state index in [1.54, 1.807) is 0 Å². The summed E-state index contributed by atoms with van der Waals surface area (Å²) in [7, 11) is 0. The molecule has 1 atom stereocenters. The van der Waals surface area contributed by atoms with Gasteiger partial charge in [-0.15, -0.1) is 0 Å². The predicted octanol–water partition coefficient (Wildman–Crippen LogP) is 2.63. The first kappa shape index (κ1) is 18.2. The first-order valence-corrected chi connectivity index (χ1v) is 9.41. The number of nitrogens with zero attached hydrogens (tertiary/aromatic N) is 1. The van der Waals surface area contributed by atoms with E-state index in [1.165, 1.54) is 25.7 Å². The zero-order chi connectivity index (χ0) is 16.5. The first-order valence-electron chi connectivity index (χ1n) is 9.41. The number of hydrogen-bond acceptors (Lipinski definition) is 3. The third kappa shape index (κ3) is 6.13. The lowest BCUT2D eigenvalue weighted by Gasteiger charge is -2.22. The third-order valence-corrected chi connectivity index (χ3v) is 4.92. The summed E-state index contributed by atoms with van der Waals surface area (Å²) >= 11 is 0. The minimum absolute atomic E-state index is 0.0666. The molecule has 0 aromatic rings. The summed E-state index contributed by atoms with van der Waals surface area (Å²) in [6.45, 7) is 4.13. The van der Waals surface area contributed by atoms with Gasteiger partial charge in [-0.05, 0) is 32.1 Å². The molecule has 2 aliphatic rings. The number of ether oxygens (including phenoxy) is 1. The molecule has 2 fully saturated rings. The highest BCUT2D eigenvalue weighted by Gasteiger charge is 2.24. The van der Waals surface area contributed by atoms with Gasteiger partial charge in [-0.1, -0.05) is 32.6 Å². The second-order valence-electron chi connectivity index (χ2n) is 6.78. The maximum absolute atomic E-state index is 12.2. The molecule has 1 heterocycles. The molecule has 5 heteroatoms. The van der Waals surface area contributed by atoms with Gasteiger partial charge in [0, 0.05) is 26.1 Å². The van der Waals surface area contributed by atoms with Crippen molar-refractivity contribution in [2.24, 2.45) is 0 Å². The lowest BCUT2D eigenvalue weighted by molar-refractivity contribution is -0.137. The van der Waals surface area contributed by atoms with E-state index in [-0.39, 0.29) is 24.0 Å². The summed E-state index contributed by atoms with van der Waals surface area (Å²) in [4.78, 5) is 26.4. The van der Waals surface area contributed by atoms with Crippen LogP contribution in [0.5, 0.6) is 0 Å². The van der Waals surface area contributed by atoms with Crippen LogP contribution in [-0.4, -0.2) is 48.6 Å². The van der Waals surface area contributed by atoms with Crippen LogP contribution in [0.15, 0.2) is 0 Å². The maximum Gasteiger partial charge on any atom is 0.249 e. The van der Waals surface area contributed by atoms with E-state index in [2.05, 4.69) is 5.32 Å². The van der Waals surface area contributed by atoms with E-state index in [0.29, 0.717) is 19.4 Å². The summed E-state index contributed by atoms with van der Waals surface area (Å²) < 4.78 is 5.91. The fourth-order valence-electron chi connectivity index (χ4n) is 3.48. The van der Waals surface area contributed by atoms with Crippen molar-refractivity contribution < 1.29 is 14.3 Å². The Hall–Kier alpha value is -1.10. The van der Waals surface area contributed by atoms with Gasteiger partial charge in [-0.2, -0.15) is 0 Å². The van der Waals surface area contributed by atoms with Gasteiger partial charge in [0.05, 0.1) is 6.10 Å². The predicted molar refractivity (Wildman–Crippen MR) is 90.1 cm³/mol. The highest BCUT2D eigenvalue weighted by Crippen LogP contribution is 2.22. The topological polar surface area (TPSA) is 58.6 Å². The molecule has 0 bridgehead atoms. The molecule has 1 saturated heterocycles. The van der Waals surface area contributed by atoms with Gasteiger partial charge in [0.25, 0.3) is 0 Å². The SMILES string of the molecule is CC[C@H](OC1CCCC1)C(=O)NCCC(=O)N1CCCCCC1. The molecule has 2 rings (SSSR count). The molecule has 0 aromatic carbocycles. The Kier molecular flexibility index (Phi) is 7.86. The number of carbonyl (C=O) groups excluding carboxylic acids is 2. The van der Waals surface area contributed by atoms with Crippen molar-refractivity contribution in [1.29, 1.82) is 0 Å². The minimum atomic E-state index is -0.369. The van der Waals surface area contributed by atoms with E-state index in [4.69, 9.17) is 4.74 Å². The molecule has 1 aliphatic heterocycles. The molecule has 0 radical (unpaired) electrons. The summed E-state index contributed by atoms with van der Waals surface area (Å²) in [6, 6.07) is 0. The molecule has 1 aliphatic carbocycles. The van der Waals surface area contributed by atoms with Gasteiger partial charge >= 0.3 is 0 Å². The molecule has 0 unspecified atom stereocenters. The largest absolute Gasteiger partial charge is 0.365 e. The van der Waals surface area contributed by atoms with Crippen molar-refractivity contribution in [3.05, 3.63) is 0 Å². The van der Waals surface area contributed by atoms with Gasteiger partial charge in [-0.25, -0.2) is 0 Å². The highest BCUT2D eigenvalue weighted by atomic mass is 16.5. The maximum atomic E-state index is 12.2. The third-order valence-electron chi connectivity index (χ3n) is 4.92. The van der Waals surface area contributed by atoms with Gasteiger partial charge in [0.1, 0.15) is 6.10 Å². The fraction of sp³-hybridized carbons (Fsp3) is 0.889. The number of rotatable bonds is 7. The van der Waals surface area contributed by atoms with Crippen LogP contribution < -0.4 is 5.32 Å². The molecule has 2 amide bonds. The summed E-state index contributed by atoms with van der Waals surface area (Å²) in [5.41, 5.74) is 0. The van der Waals surface area contributed by atoms with Crippen LogP contribution in [0.25, 0.3) is 0 Å². The summed E-state index contributed by atoms with van der Waals surface area (Å²) in [5.74, 6) is 0.0972. The Balaban J connectivity index is 1.66. The van der Waals surface area contributed by atoms with Crippen molar-refractivity contribution in [2.45, 2.75) is 83.3 Å². The van der Waals surface area contributed by atoms with E-state index < -0.39 is 0 Å². The highest BCUT2D eigenvalue weighted by molar-refractivity contribution is 5.82. The van der Waals surface area contributed by atoms with Gasteiger partial charge < -0.3 is 15.0 Å². The monoisotopic (exact) mass is 324 g/mol. The molecule has 0 aromatic heterocycles. The molecule has 132 valence electrons. The molecule has 1 saturated carbocycles. The second-order valence-corrected chi connectivity index (χ2v) is 6.78. The van der Waals surface area contributed by atoms with E-state index in [0.717, 1.165) is 38.8 Å². The summed E-state index contributed by atoms with van der Waals surface area (Å²) in [6.07, 6.45) is 10.1. The second kappa shape index (κ2) is 9.91. The fourth-order valence-corrected chi connectivity index (χ4v) is 3.48. The molecule has 23 heavy (non-hydrogen) atoms. The van der Waals surface area contributed by atoms with Crippen molar-refractivity contribution >= 4 is 11.8 Å². The lowest BCUT2D eigenvalue weighted by Crippen LogP contribution is -2.40. The van der Waals surface area contributed by atoms with Crippen LogP contribution in [0, 0.1) is 0 Å². The number of carbonyl (C=O) groups is 2. The van der Waals surface area contributed by atoms with Gasteiger partial charge in [0.2, 0.25) is 11.8 Å². The van der Waals surface area contributed by atoms with Gasteiger partial charge in [-0.3, -0.25) is 9.59 Å². The zero-order valence-corrected chi connectivity index (χ0v) is 14.5. The van der Waals surface area contributed by atoms with Crippen LogP contribution in [0.2, 0.25) is 0 Å². The molecule has 5 nitrogen and oxygen atoms in total. The standard InChI is InChI=1S/C18H32N2O3/c1-2-16(23-15-9-5-6-10-15)18(22)19-12-11-17(21)20-13-7-3-4-8-14-20/h15-16H,2-14H2,1H3,(H,19,22)/t16-/m0/s1. The Labute approximate surface area is 140 Å². The minimum Gasteiger partial charge on any atom is -0.365 e. The Morgan fingerprint density at radius 3 is 2.35 bits per heavy atom. The van der Waals surface area contributed by atoms with Crippen molar-refractivity contribution in [3.63, 3.8) is 0 Å². The molecule has 0 spiro atoms. The van der Waals surface area contributed by atoms with E-state index >= 15 is 0 Å². The quantitative estimate of drug-likeness (QED) is 0.783. The Morgan fingerprint density at radius 1 is 1.09 bits per heavy atom. The number of amides is 2. The molecule has 1 N–H and O–H groups in total. The van der Waals surface area contributed by atoms with Crippen LogP contribution in [0.3, 0.4) is 0 Å². The average Bonchev–Trinajstić information content (AvgIpc) is 2.91. The lowest BCUT2D eigenvalue weighted by atomic mass is 10.2. The van der Waals surface area contributed by atoms with Crippen LogP contribution >= 0.6 is 0 Å². The van der Waals surface area contributed by atoms with Crippen LogP contribution in [0.1, 0.15) is 71.1 Å². The van der Waals surface area contributed by atoms with Crippen LogP contribution in [-0.2, 0) is 14.3 Å². The van der Waals surface area contributed by atoms with E-state index in [1.807, 2.05) is 11.8 Å². The Bertz CT molecular complexity index is 372. The molecular weight excluding hydrogens is 292 g/mol. The normalized spacial score (nSPS) is 21.0. The van der Waals surface area contributed by atoms with E-state index in [9.17, 15) is 9.59 Å². The first-order chi connectivity index (χ1) is 11.2. The van der Waals surface area contributed by atoms with Crippen molar-refractivity contribution in [3.8, 4) is 0 Å². The van der Waals surface area contributed by atoms with Gasteiger partial charge in [0.15, 0.2) is 0 Å². The number of hydrogen-bond donors (Lipinski definition) is 1. The number of nitrogens with one attached hydrogen (secondary N) is 1. The average molecular weight is 324 g/mol. The molecular formula is C18H32N2O3. The number of likely N-dealkylation sites (tertiary alicyclic amines) is 1. The van der Waals surface area contributed by atoms with Crippen molar-refractivity contribution in [2.75, 3.05) is 19.6 Å². The summed E-state index contributed by atoms with van der Waals surface area (Å²) in [5, 5.41) is 2.88. The van der Waals surface area contributed by atoms with Crippen LogP contribution in [0.4, 0.5) is 0 Å². The Morgan fingerprint density at radius 2 is 1.74 bits per heavy atom. The van der Waals surface area contributed by atoms with Crippen molar-refractivity contribution in [1.82, 2.24) is 10.2 Å². The smallest absolute Gasteiger partial charge is 0.249 e. The zero-order valence-electron chi connectivity index (χ0n) is 14.5.